The molecule has 1 aromatic carbocycles. The van der Waals surface area contributed by atoms with E-state index in [1.807, 2.05) is 18.4 Å². The van der Waals surface area contributed by atoms with Gasteiger partial charge in [0.1, 0.15) is 6.54 Å². The molecule has 3 amide bonds. The number of thiophene rings is 1. The molecule has 2 heterocycles. The lowest BCUT2D eigenvalue weighted by Crippen LogP contribution is -2.37. The first-order chi connectivity index (χ1) is 12.9. The van der Waals surface area contributed by atoms with Gasteiger partial charge in [0.25, 0.3) is 17.7 Å². The molecule has 0 radical (unpaired) electrons. The summed E-state index contributed by atoms with van der Waals surface area (Å²) >= 11 is 1.55. The molecule has 2 aromatic rings. The Morgan fingerprint density at radius 2 is 1.74 bits per heavy atom. The highest BCUT2D eigenvalue weighted by molar-refractivity contribution is 7.10. The minimum atomic E-state index is -0.807. The van der Waals surface area contributed by atoms with E-state index in [1.54, 1.807) is 30.5 Å². The van der Waals surface area contributed by atoms with E-state index in [4.69, 9.17) is 4.74 Å². The maximum Gasteiger partial charge on any atom is 0.326 e. The van der Waals surface area contributed by atoms with Gasteiger partial charge in [0.2, 0.25) is 0 Å². The molecule has 3 rings (SSSR count). The molecule has 0 aliphatic carbocycles. The van der Waals surface area contributed by atoms with Crippen LogP contribution >= 0.6 is 11.3 Å². The van der Waals surface area contributed by atoms with Gasteiger partial charge in [-0.3, -0.25) is 24.1 Å². The Morgan fingerprint density at radius 3 is 2.30 bits per heavy atom. The van der Waals surface area contributed by atoms with Crippen LogP contribution in [0.2, 0.25) is 0 Å². The lowest BCUT2D eigenvalue weighted by Gasteiger charge is -2.17. The number of nitrogens with zero attached hydrogens (tertiary/aromatic N) is 2. The van der Waals surface area contributed by atoms with Crippen molar-refractivity contribution in [1.29, 1.82) is 0 Å². The average Bonchev–Trinajstić information content (AvgIpc) is 3.16. The number of amides is 3. The van der Waals surface area contributed by atoms with E-state index in [-0.39, 0.29) is 17.0 Å². The summed E-state index contributed by atoms with van der Waals surface area (Å²) in [6.45, 7) is 1.43. The van der Waals surface area contributed by atoms with Crippen molar-refractivity contribution < 1.29 is 23.9 Å². The van der Waals surface area contributed by atoms with E-state index >= 15 is 0 Å². The summed E-state index contributed by atoms with van der Waals surface area (Å²) in [5, 5.41) is 1.95. The third-order valence-electron chi connectivity index (χ3n) is 4.30. The molecule has 0 atom stereocenters. The molecular formula is C19H18N2O5S. The molecule has 1 aliphatic heterocycles. The molecule has 1 aromatic heterocycles. The first-order valence-corrected chi connectivity index (χ1v) is 9.14. The van der Waals surface area contributed by atoms with Gasteiger partial charge in [0, 0.05) is 11.9 Å². The Morgan fingerprint density at radius 1 is 1.11 bits per heavy atom. The largest absolute Gasteiger partial charge is 0.454 e. The van der Waals surface area contributed by atoms with Gasteiger partial charge in [0.05, 0.1) is 17.7 Å². The second kappa shape index (κ2) is 7.71. The zero-order valence-corrected chi connectivity index (χ0v) is 15.7. The van der Waals surface area contributed by atoms with Gasteiger partial charge in [-0.05, 0) is 36.1 Å². The van der Waals surface area contributed by atoms with E-state index in [2.05, 4.69) is 0 Å². The highest BCUT2D eigenvalue weighted by Gasteiger charge is 2.36. The van der Waals surface area contributed by atoms with Crippen LogP contribution in [0.3, 0.4) is 0 Å². The van der Waals surface area contributed by atoms with Gasteiger partial charge >= 0.3 is 5.97 Å². The first kappa shape index (κ1) is 18.8. The lowest BCUT2D eigenvalue weighted by molar-refractivity contribution is -0.151. The standard InChI is InChI=1S/C19H18N2O5S/c1-12-7-8-27-15(12)9-20(2)16(22)11-26-17(23)10-21-18(24)13-5-3-4-6-14(13)19(21)25/h3-8H,9-11H2,1-2H3. The summed E-state index contributed by atoms with van der Waals surface area (Å²) in [6, 6.07) is 8.34. The normalized spacial score (nSPS) is 12.9. The van der Waals surface area contributed by atoms with E-state index in [0.717, 1.165) is 15.3 Å². The number of esters is 1. The number of hydrogen-bond donors (Lipinski definition) is 0. The summed E-state index contributed by atoms with van der Waals surface area (Å²) in [4.78, 5) is 51.9. The number of fused-ring (bicyclic) bond motifs is 1. The zero-order chi connectivity index (χ0) is 19.6. The molecule has 1 aliphatic rings. The van der Waals surface area contributed by atoms with Gasteiger partial charge in [-0.25, -0.2) is 0 Å². The number of aryl methyl sites for hydroxylation is 1. The lowest BCUT2D eigenvalue weighted by atomic mass is 10.1. The highest BCUT2D eigenvalue weighted by Crippen LogP contribution is 2.22. The summed E-state index contributed by atoms with van der Waals surface area (Å²) in [6.07, 6.45) is 0. The molecule has 0 saturated carbocycles. The van der Waals surface area contributed by atoms with Crippen molar-refractivity contribution in [2.24, 2.45) is 0 Å². The van der Waals surface area contributed by atoms with Crippen LogP contribution in [0.15, 0.2) is 35.7 Å². The Kier molecular flexibility index (Phi) is 5.36. The van der Waals surface area contributed by atoms with E-state index in [1.165, 1.54) is 17.0 Å². The number of hydrogen-bond acceptors (Lipinski definition) is 6. The van der Waals surface area contributed by atoms with Crippen molar-refractivity contribution in [3.63, 3.8) is 0 Å². The molecule has 140 valence electrons. The smallest absolute Gasteiger partial charge is 0.326 e. The van der Waals surface area contributed by atoms with Crippen molar-refractivity contribution in [3.8, 4) is 0 Å². The number of imide groups is 1. The molecule has 0 spiro atoms. The quantitative estimate of drug-likeness (QED) is 0.559. The van der Waals surface area contributed by atoms with E-state index in [0.29, 0.717) is 6.54 Å². The Labute approximate surface area is 160 Å². The Hall–Kier alpha value is -3.00. The van der Waals surface area contributed by atoms with E-state index in [9.17, 15) is 19.2 Å². The van der Waals surface area contributed by atoms with Crippen LogP contribution in [0.25, 0.3) is 0 Å². The van der Waals surface area contributed by atoms with Crippen LogP contribution < -0.4 is 0 Å². The van der Waals surface area contributed by atoms with Crippen molar-refractivity contribution in [3.05, 3.63) is 57.3 Å². The summed E-state index contributed by atoms with van der Waals surface area (Å²) < 4.78 is 4.96. The fourth-order valence-electron chi connectivity index (χ4n) is 2.68. The second-order valence-corrected chi connectivity index (χ2v) is 7.18. The minimum absolute atomic E-state index is 0.262. The molecule has 0 N–H and O–H groups in total. The summed E-state index contributed by atoms with van der Waals surface area (Å²) in [5.41, 5.74) is 1.62. The molecule has 0 bridgehead atoms. The van der Waals surface area contributed by atoms with Crippen molar-refractivity contribution in [2.45, 2.75) is 13.5 Å². The van der Waals surface area contributed by atoms with Crippen LogP contribution in [-0.4, -0.2) is 53.7 Å². The Balaban J connectivity index is 1.51. The van der Waals surface area contributed by atoms with Crippen molar-refractivity contribution >= 4 is 35.0 Å². The molecule has 7 nitrogen and oxygen atoms in total. The van der Waals surface area contributed by atoms with Gasteiger partial charge in [0.15, 0.2) is 6.61 Å². The van der Waals surface area contributed by atoms with Gasteiger partial charge < -0.3 is 9.64 Å². The van der Waals surface area contributed by atoms with Gasteiger partial charge in [-0.15, -0.1) is 11.3 Å². The number of carbonyl (C=O) groups excluding carboxylic acids is 4. The molecule has 0 fully saturated rings. The molecule has 8 heteroatoms. The van der Waals surface area contributed by atoms with Crippen LogP contribution in [-0.2, 0) is 20.9 Å². The summed E-state index contributed by atoms with van der Waals surface area (Å²) in [5.74, 6) is -2.24. The van der Waals surface area contributed by atoms with Crippen molar-refractivity contribution in [1.82, 2.24) is 9.80 Å². The number of rotatable bonds is 6. The topological polar surface area (TPSA) is 84.0 Å². The van der Waals surface area contributed by atoms with Crippen molar-refractivity contribution in [2.75, 3.05) is 20.2 Å². The molecule has 0 unspecified atom stereocenters. The maximum absolute atomic E-state index is 12.2. The fraction of sp³-hybridized carbons (Fsp3) is 0.263. The monoisotopic (exact) mass is 386 g/mol. The summed E-state index contributed by atoms with van der Waals surface area (Å²) in [7, 11) is 1.62. The van der Waals surface area contributed by atoms with E-state index < -0.39 is 30.9 Å². The predicted molar refractivity (Wildman–Crippen MR) is 98.3 cm³/mol. The predicted octanol–water partition coefficient (Wildman–Crippen LogP) is 1.85. The number of likely N-dealkylation sites (N-methyl/N-ethyl adjacent to an activating group) is 1. The molecule has 27 heavy (non-hydrogen) atoms. The fourth-order valence-corrected chi connectivity index (χ4v) is 3.64. The molecule has 0 saturated heterocycles. The number of carbonyl (C=O) groups is 4. The number of benzene rings is 1. The first-order valence-electron chi connectivity index (χ1n) is 8.26. The SMILES string of the molecule is Cc1ccsc1CN(C)C(=O)COC(=O)CN1C(=O)c2ccccc2C1=O. The average molecular weight is 386 g/mol. The van der Waals surface area contributed by atoms with Crippen LogP contribution in [0.4, 0.5) is 0 Å². The highest BCUT2D eigenvalue weighted by atomic mass is 32.1. The van der Waals surface area contributed by atoms with Crippen LogP contribution in [0, 0.1) is 6.92 Å². The second-order valence-electron chi connectivity index (χ2n) is 6.18. The Bertz CT molecular complexity index is 885. The molecular weight excluding hydrogens is 368 g/mol. The zero-order valence-electron chi connectivity index (χ0n) is 14.9. The van der Waals surface area contributed by atoms with Gasteiger partial charge in [-0.2, -0.15) is 0 Å². The number of ether oxygens (including phenoxy) is 1. The third kappa shape index (κ3) is 3.90. The maximum atomic E-state index is 12.2. The minimum Gasteiger partial charge on any atom is -0.454 e. The van der Waals surface area contributed by atoms with Crippen LogP contribution in [0.1, 0.15) is 31.2 Å². The van der Waals surface area contributed by atoms with Gasteiger partial charge in [-0.1, -0.05) is 12.1 Å². The van der Waals surface area contributed by atoms with Crippen LogP contribution in [0.5, 0.6) is 0 Å². The third-order valence-corrected chi connectivity index (χ3v) is 5.30.